The number of aromatic nitrogens is 1. The average Bonchev–Trinajstić information content (AvgIpc) is 2.26. The van der Waals surface area contributed by atoms with Crippen molar-refractivity contribution >= 4 is 16.6 Å². The van der Waals surface area contributed by atoms with E-state index in [1.165, 1.54) is 0 Å². The summed E-state index contributed by atoms with van der Waals surface area (Å²) in [7, 11) is 0. The summed E-state index contributed by atoms with van der Waals surface area (Å²) < 4.78 is 0. The lowest BCUT2D eigenvalue weighted by Gasteiger charge is -2.09. The van der Waals surface area contributed by atoms with E-state index in [0.717, 1.165) is 16.6 Å². The van der Waals surface area contributed by atoms with Gasteiger partial charge in [0.25, 0.3) is 0 Å². The summed E-state index contributed by atoms with van der Waals surface area (Å²) in [5, 5.41) is 14.6. The van der Waals surface area contributed by atoms with E-state index < -0.39 is 0 Å². The van der Waals surface area contributed by atoms with Gasteiger partial charge in [0.15, 0.2) is 0 Å². The highest BCUT2D eigenvalue weighted by Crippen LogP contribution is 2.19. The minimum absolute atomic E-state index is 0.370. The second kappa shape index (κ2) is 4.28. The number of benzene rings is 1. The number of hydrogen-bond donors (Lipinski definition) is 2. The monoisotopic (exact) mass is 202 g/mol. The quantitative estimate of drug-likeness (QED) is 0.800. The van der Waals surface area contributed by atoms with Gasteiger partial charge in [-0.2, -0.15) is 0 Å². The van der Waals surface area contributed by atoms with Gasteiger partial charge in [0.2, 0.25) is 0 Å². The molecule has 1 aromatic carbocycles. The number of rotatable bonds is 3. The summed E-state index contributed by atoms with van der Waals surface area (Å²) in [5.41, 5.74) is 0. The third-order valence-corrected chi connectivity index (χ3v) is 2.24. The van der Waals surface area contributed by atoms with E-state index in [9.17, 15) is 5.11 Å². The fourth-order valence-electron chi connectivity index (χ4n) is 1.50. The Balaban J connectivity index is 2.34. The molecular formula is C12H14N2O. The van der Waals surface area contributed by atoms with Crippen LogP contribution in [0.2, 0.25) is 0 Å². The highest BCUT2D eigenvalue weighted by Gasteiger charge is 2.01. The largest absolute Gasteiger partial charge is 0.392 e. The predicted molar refractivity (Wildman–Crippen MR) is 61.9 cm³/mol. The zero-order valence-corrected chi connectivity index (χ0v) is 8.64. The molecule has 3 nitrogen and oxygen atoms in total. The molecule has 0 aliphatic rings. The number of pyridine rings is 1. The number of aliphatic hydroxyl groups is 1. The number of fused-ring (bicyclic) bond motifs is 1. The summed E-state index contributed by atoms with van der Waals surface area (Å²) in [6.45, 7) is 2.26. The normalized spacial score (nSPS) is 12.7. The van der Waals surface area contributed by atoms with Gasteiger partial charge in [-0.1, -0.05) is 24.3 Å². The van der Waals surface area contributed by atoms with E-state index in [1.807, 2.05) is 30.3 Å². The first-order valence-corrected chi connectivity index (χ1v) is 5.03. The molecule has 15 heavy (non-hydrogen) atoms. The molecule has 1 aromatic heterocycles. The van der Waals surface area contributed by atoms with E-state index in [2.05, 4.69) is 10.3 Å². The molecule has 2 aromatic rings. The Labute approximate surface area is 88.8 Å². The van der Waals surface area contributed by atoms with Gasteiger partial charge in [-0.3, -0.25) is 0 Å². The molecule has 0 fully saturated rings. The molecule has 2 N–H and O–H groups in total. The number of aliphatic hydroxyl groups excluding tert-OH is 1. The Hall–Kier alpha value is -1.61. The third-order valence-electron chi connectivity index (χ3n) is 2.24. The van der Waals surface area contributed by atoms with Crippen molar-refractivity contribution in [3.8, 4) is 0 Å². The molecule has 0 amide bonds. The Kier molecular flexibility index (Phi) is 2.83. The van der Waals surface area contributed by atoms with Gasteiger partial charge < -0.3 is 10.4 Å². The summed E-state index contributed by atoms with van der Waals surface area (Å²) >= 11 is 0. The number of anilines is 1. The van der Waals surface area contributed by atoms with E-state index >= 15 is 0 Å². The minimum atomic E-state index is -0.370. The van der Waals surface area contributed by atoms with Gasteiger partial charge in [0.1, 0.15) is 5.82 Å². The first-order valence-electron chi connectivity index (χ1n) is 5.03. The van der Waals surface area contributed by atoms with Crippen LogP contribution in [0.15, 0.2) is 36.5 Å². The lowest BCUT2D eigenvalue weighted by molar-refractivity contribution is 0.208. The lowest BCUT2D eigenvalue weighted by Crippen LogP contribution is -2.16. The standard InChI is InChI=1S/C12H14N2O/c1-9(15)8-14-12-11-5-3-2-4-10(11)6-7-13-12/h2-7,9,15H,8H2,1H3,(H,13,14). The Bertz CT molecular complexity index is 449. The lowest BCUT2D eigenvalue weighted by atomic mass is 10.1. The van der Waals surface area contributed by atoms with Crippen molar-refractivity contribution in [3.63, 3.8) is 0 Å². The van der Waals surface area contributed by atoms with Crippen LogP contribution in [0.1, 0.15) is 6.92 Å². The van der Waals surface area contributed by atoms with Crippen LogP contribution in [0.4, 0.5) is 5.82 Å². The maximum atomic E-state index is 9.20. The molecule has 2 rings (SSSR count). The van der Waals surface area contributed by atoms with Crippen molar-refractivity contribution < 1.29 is 5.11 Å². The zero-order chi connectivity index (χ0) is 10.7. The smallest absolute Gasteiger partial charge is 0.133 e. The molecule has 3 heteroatoms. The van der Waals surface area contributed by atoms with Crippen LogP contribution in [-0.2, 0) is 0 Å². The predicted octanol–water partition coefficient (Wildman–Crippen LogP) is 2.03. The highest BCUT2D eigenvalue weighted by molar-refractivity contribution is 5.91. The number of nitrogens with one attached hydrogen (secondary N) is 1. The van der Waals surface area contributed by atoms with Crippen LogP contribution in [-0.4, -0.2) is 22.7 Å². The highest BCUT2D eigenvalue weighted by atomic mass is 16.3. The van der Waals surface area contributed by atoms with Crippen molar-refractivity contribution in [1.29, 1.82) is 0 Å². The first kappa shape index (κ1) is 9.93. The molecule has 0 radical (unpaired) electrons. The molecular weight excluding hydrogens is 188 g/mol. The fourth-order valence-corrected chi connectivity index (χ4v) is 1.50. The SMILES string of the molecule is CC(O)CNc1nccc2ccccc12. The summed E-state index contributed by atoms with van der Waals surface area (Å²) in [6, 6.07) is 10.0. The Morgan fingerprint density at radius 3 is 2.93 bits per heavy atom. The minimum Gasteiger partial charge on any atom is -0.392 e. The van der Waals surface area contributed by atoms with Crippen LogP contribution >= 0.6 is 0 Å². The zero-order valence-electron chi connectivity index (χ0n) is 8.64. The van der Waals surface area contributed by atoms with Crippen molar-refractivity contribution in [1.82, 2.24) is 4.98 Å². The topological polar surface area (TPSA) is 45.1 Å². The average molecular weight is 202 g/mol. The van der Waals surface area contributed by atoms with Crippen LogP contribution in [0.25, 0.3) is 10.8 Å². The van der Waals surface area contributed by atoms with Crippen molar-refractivity contribution in [3.05, 3.63) is 36.5 Å². The van der Waals surface area contributed by atoms with Crippen LogP contribution < -0.4 is 5.32 Å². The van der Waals surface area contributed by atoms with Crippen LogP contribution in [0, 0.1) is 0 Å². The van der Waals surface area contributed by atoms with Crippen molar-refractivity contribution in [2.75, 3.05) is 11.9 Å². The summed E-state index contributed by atoms with van der Waals surface area (Å²) in [5.74, 6) is 0.828. The van der Waals surface area contributed by atoms with Crippen molar-refractivity contribution in [2.45, 2.75) is 13.0 Å². The molecule has 78 valence electrons. The van der Waals surface area contributed by atoms with E-state index in [0.29, 0.717) is 6.54 Å². The van der Waals surface area contributed by atoms with E-state index in [-0.39, 0.29) is 6.10 Å². The van der Waals surface area contributed by atoms with E-state index in [1.54, 1.807) is 13.1 Å². The summed E-state index contributed by atoms with van der Waals surface area (Å²) in [4.78, 5) is 4.26. The van der Waals surface area contributed by atoms with Crippen molar-refractivity contribution in [2.24, 2.45) is 0 Å². The van der Waals surface area contributed by atoms with Gasteiger partial charge in [-0.05, 0) is 18.4 Å². The van der Waals surface area contributed by atoms with Gasteiger partial charge in [0, 0.05) is 18.1 Å². The second-order valence-corrected chi connectivity index (χ2v) is 3.61. The van der Waals surface area contributed by atoms with E-state index in [4.69, 9.17) is 0 Å². The van der Waals surface area contributed by atoms with Gasteiger partial charge in [0.05, 0.1) is 6.10 Å². The molecule has 0 saturated heterocycles. The Morgan fingerprint density at radius 2 is 2.13 bits per heavy atom. The molecule has 1 unspecified atom stereocenters. The third kappa shape index (κ3) is 2.25. The number of hydrogen-bond acceptors (Lipinski definition) is 3. The van der Waals surface area contributed by atoms with Crippen LogP contribution in [0.5, 0.6) is 0 Å². The van der Waals surface area contributed by atoms with Gasteiger partial charge in [-0.15, -0.1) is 0 Å². The molecule has 0 bridgehead atoms. The molecule has 1 atom stereocenters. The fraction of sp³-hybridized carbons (Fsp3) is 0.250. The first-order chi connectivity index (χ1) is 7.27. The summed E-state index contributed by atoms with van der Waals surface area (Å²) in [6.07, 6.45) is 1.40. The van der Waals surface area contributed by atoms with Gasteiger partial charge in [-0.25, -0.2) is 4.98 Å². The Morgan fingerprint density at radius 1 is 1.33 bits per heavy atom. The van der Waals surface area contributed by atoms with Gasteiger partial charge >= 0.3 is 0 Å². The molecule has 0 aliphatic carbocycles. The maximum Gasteiger partial charge on any atom is 0.133 e. The molecule has 0 saturated carbocycles. The second-order valence-electron chi connectivity index (χ2n) is 3.61. The molecule has 0 aliphatic heterocycles. The number of nitrogens with zero attached hydrogens (tertiary/aromatic N) is 1. The maximum absolute atomic E-state index is 9.20. The molecule has 1 heterocycles. The molecule has 0 spiro atoms. The van der Waals surface area contributed by atoms with Crippen LogP contribution in [0.3, 0.4) is 0 Å².